The summed E-state index contributed by atoms with van der Waals surface area (Å²) in [6, 6.07) is 19.7. The molecule has 0 unspecified atom stereocenters. The molecule has 3 aromatic carbocycles. The SMILES string of the molecule is NC(=O)c1cccc(NC(=O)NC(N)=NCc2cccc3ccccc23)c1. The second-order valence-corrected chi connectivity index (χ2v) is 5.86. The Morgan fingerprint density at radius 2 is 1.67 bits per heavy atom. The van der Waals surface area contributed by atoms with Crippen LogP contribution in [-0.4, -0.2) is 17.9 Å². The van der Waals surface area contributed by atoms with E-state index in [9.17, 15) is 9.59 Å². The maximum absolute atomic E-state index is 12.0. The lowest BCUT2D eigenvalue weighted by Gasteiger charge is -2.08. The highest BCUT2D eigenvalue weighted by Gasteiger charge is 2.06. The number of amides is 3. The van der Waals surface area contributed by atoms with Gasteiger partial charge in [0.2, 0.25) is 5.91 Å². The van der Waals surface area contributed by atoms with E-state index >= 15 is 0 Å². The fourth-order valence-corrected chi connectivity index (χ4v) is 2.67. The van der Waals surface area contributed by atoms with Crippen LogP contribution >= 0.6 is 0 Å². The Labute approximate surface area is 156 Å². The van der Waals surface area contributed by atoms with Crippen molar-refractivity contribution in [2.45, 2.75) is 6.54 Å². The molecule has 0 bridgehead atoms. The van der Waals surface area contributed by atoms with Crippen molar-refractivity contribution in [3.8, 4) is 0 Å². The summed E-state index contributed by atoms with van der Waals surface area (Å²) in [5, 5.41) is 7.24. The van der Waals surface area contributed by atoms with Crippen LogP contribution < -0.4 is 22.1 Å². The van der Waals surface area contributed by atoms with Gasteiger partial charge in [-0.15, -0.1) is 0 Å². The van der Waals surface area contributed by atoms with Gasteiger partial charge in [-0.3, -0.25) is 10.1 Å². The zero-order chi connectivity index (χ0) is 19.2. The molecule has 0 heterocycles. The van der Waals surface area contributed by atoms with Crippen molar-refractivity contribution in [1.82, 2.24) is 5.32 Å². The number of urea groups is 1. The van der Waals surface area contributed by atoms with Gasteiger partial charge in [0.15, 0.2) is 5.96 Å². The number of primary amides is 1. The highest BCUT2D eigenvalue weighted by atomic mass is 16.2. The Morgan fingerprint density at radius 1 is 0.926 bits per heavy atom. The Balaban J connectivity index is 1.64. The lowest BCUT2D eigenvalue weighted by atomic mass is 10.1. The van der Waals surface area contributed by atoms with E-state index in [2.05, 4.69) is 15.6 Å². The lowest BCUT2D eigenvalue weighted by Crippen LogP contribution is -2.39. The molecule has 0 aliphatic carbocycles. The zero-order valence-electron chi connectivity index (χ0n) is 14.5. The van der Waals surface area contributed by atoms with Gasteiger partial charge in [0.25, 0.3) is 0 Å². The third-order valence-electron chi connectivity index (χ3n) is 3.95. The first kappa shape index (κ1) is 17.9. The fraction of sp³-hybridized carbons (Fsp3) is 0.0500. The number of nitrogens with two attached hydrogens (primary N) is 2. The fourth-order valence-electron chi connectivity index (χ4n) is 2.67. The third kappa shape index (κ3) is 4.60. The molecule has 27 heavy (non-hydrogen) atoms. The first-order valence-corrected chi connectivity index (χ1v) is 8.27. The van der Waals surface area contributed by atoms with E-state index < -0.39 is 11.9 Å². The summed E-state index contributed by atoms with van der Waals surface area (Å²) in [4.78, 5) is 27.4. The van der Waals surface area contributed by atoms with Crippen molar-refractivity contribution in [2.24, 2.45) is 16.5 Å². The Kier molecular flexibility index (Phi) is 5.32. The summed E-state index contributed by atoms with van der Waals surface area (Å²) >= 11 is 0. The number of benzene rings is 3. The van der Waals surface area contributed by atoms with Crippen molar-refractivity contribution in [2.75, 3.05) is 5.32 Å². The van der Waals surface area contributed by atoms with Crippen LogP contribution in [0, 0.1) is 0 Å². The van der Waals surface area contributed by atoms with Gasteiger partial charge in [0, 0.05) is 11.3 Å². The van der Waals surface area contributed by atoms with Gasteiger partial charge < -0.3 is 16.8 Å². The van der Waals surface area contributed by atoms with Crippen molar-refractivity contribution in [1.29, 1.82) is 0 Å². The van der Waals surface area contributed by atoms with Gasteiger partial charge in [0.1, 0.15) is 0 Å². The molecule has 0 spiro atoms. The smallest absolute Gasteiger partial charge is 0.325 e. The van der Waals surface area contributed by atoms with Crippen LogP contribution in [0.4, 0.5) is 10.5 Å². The predicted octanol–water partition coefficient (Wildman–Crippen LogP) is 2.58. The van der Waals surface area contributed by atoms with Crippen molar-refractivity contribution < 1.29 is 9.59 Å². The van der Waals surface area contributed by atoms with Crippen molar-refractivity contribution >= 4 is 34.4 Å². The number of hydrogen-bond donors (Lipinski definition) is 4. The second kappa shape index (κ2) is 8.01. The summed E-state index contributed by atoms with van der Waals surface area (Å²) in [5.41, 5.74) is 12.7. The van der Waals surface area contributed by atoms with E-state index in [-0.39, 0.29) is 5.96 Å². The molecule has 7 heteroatoms. The minimum Gasteiger partial charge on any atom is -0.370 e. The molecule has 3 aromatic rings. The average molecular weight is 361 g/mol. The normalized spacial score (nSPS) is 11.2. The Hall–Kier alpha value is -3.87. The van der Waals surface area contributed by atoms with Crippen LogP contribution in [0.25, 0.3) is 10.8 Å². The van der Waals surface area contributed by atoms with Crippen LogP contribution in [0.15, 0.2) is 71.7 Å². The number of nitrogens with zero attached hydrogens (tertiary/aromatic N) is 1. The molecule has 0 aliphatic rings. The Bertz CT molecular complexity index is 1020. The number of anilines is 1. The number of hydrogen-bond acceptors (Lipinski definition) is 3. The number of nitrogens with one attached hydrogen (secondary N) is 2. The molecule has 0 fully saturated rings. The zero-order valence-corrected chi connectivity index (χ0v) is 14.5. The standard InChI is InChI=1S/C20H19N5O2/c21-18(26)14-7-4-9-16(11-14)24-20(27)25-19(22)23-12-15-8-3-6-13-5-1-2-10-17(13)15/h1-11H,12H2,(H2,21,26)(H4,22,23,24,25,27). The van der Waals surface area contributed by atoms with Crippen LogP contribution in [0.1, 0.15) is 15.9 Å². The monoisotopic (exact) mass is 361 g/mol. The summed E-state index contributed by atoms with van der Waals surface area (Å²) in [5.74, 6) is -0.582. The molecule has 0 aromatic heterocycles. The minimum atomic E-state index is -0.574. The van der Waals surface area contributed by atoms with E-state index in [1.165, 1.54) is 6.07 Å². The highest BCUT2D eigenvalue weighted by Crippen LogP contribution is 2.19. The topological polar surface area (TPSA) is 123 Å². The highest BCUT2D eigenvalue weighted by molar-refractivity contribution is 6.02. The molecule has 3 rings (SSSR count). The number of guanidine groups is 1. The predicted molar refractivity (Wildman–Crippen MR) is 106 cm³/mol. The molecule has 6 N–H and O–H groups in total. The second-order valence-electron chi connectivity index (χ2n) is 5.86. The van der Waals surface area contributed by atoms with E-state index in [1.54, 1.807) is 18.2 Å². The average Bonchev–Trinajstić information content (AvgIpc) is 2.66. The van der Waals surface area contributed by atoms with E-state index in [0.717, 1.165) is 16.3 Å². The number of carbonyl (C=O) groups is 2. The molecular formula is C20H19N5O2. The van der Waals surface area contributed by atoms with Gasteiger partial charge in [-0.05, 0) is 34.5 Å². The molecule has 0 saturated carbocycles. The van der Waals surface area contributed by atoms with Crippen LogP contribution in [0.5, 0.6) is 0 Å². The maximum atomic E-state index is 12.0. The first-order chi connectivity index (χ1) is 13.0. The largest absolute Gasteiger partial charge is 0.370 e. The molecule has 0 radical (unpaired) electrons. The Morgan fingerprint density at radius 3 is 2.48 bits per heavy atom. The van der Waals surface area contributed by atoms with Crippen molar-refractivity contribution in [3.63, 3.8) is 0 Å². The lowest BCUT2D eigenvalue weighted by molar-refractivity contribution is 0.1000. The molecule has 7 nitrogen and oxygen atoms in total. The quantitative estimate of drug-likeness (QED) is 0.422. The number of rotatable bonds is 4. The maximum Gasteiger partial charge on any atom is 0.325 e. The van der Waals surface area contributed by atoms with E-state index in [0.29, 0.717) is 17.8 Å². The number of carbonyl (C=O) groups excluding carboxylic acids is 2. The molecule has 0 atom stereocenters. The van der Waals surface area contributed by atoms with Crippen LogP contribution in [0.2, 0.25) is 0 Å². The summed E-state index contributed by atoms with van der Waals surface area (Å²) in [6.07, 6.45) is 0. The molecular weight excluding hydrogens is 342 g/mol. The summed E-state index contributed by atoms with van der Waals surface area (Å²) in [6.45, 7) is 0.338. The van der Waals surface area contributed by atoms with Gasteiger partial charge in [-0.25, -0.2) is 9.79 Å². The third-order valence-corrected chi connectivity index (χ3v) is 3.95. The van der Waals surface area contributed by atoms with E-state index in [1.807, 2.05) is 42.5 Å². The van der Waals surface area contributed by atoms with Crippen LogP contribution in [-0.2, 0) is 6.54 Å². The minimum absolute atomic E-state index is 0.00788. The molecule has 0 aliphatic heterocycles. The number of fused-ring (bicyclic) bond motifs is 1. The first-order valence-electron chi connectivity index (χ1n) is 8.27. The van der Waals surface area contributed by atoms with E-state index in [4.69, 9.17) is 11.5 Å². The molecule has 3 amide bonds. The van der Waals surface area contributed by atoms with Crippen LogP contribution in [0.3, 0.4) is 0 Å². The molecule has 136 valence electrons. The number of aliphatic imine (C=N–C) groups is 1. The summed E-state index contributed by atoms with van der Waals surface area (Å²) in [7, 11) is 0. The van der Waals surface area contributed by atoms with Crippen molar-refractivity contribution in [3.05, 3.63) is 77.9 Å². The van der Waals surface area contributed by atoms with Gasteiger partial charge >= 0.3 is 6.03 Å². The van der Waals surface area contributed by atoms with Gasteiger partial charge in [0.05, 0.1) is 6.54 Å². The van der Waals surface area contributed by atoms with Gasteiger partial charge in [-0.2, -0.15) is 0 Å². The molecule has 0 saturated heterocycles. The van der Waals surface area contributed by atoms with Gasteiger partial charge in [-0.1, -0.05) is 48.5 Å². The summed E-state index contributed by atoms with van der Waals surface area (Å²) < 4.78 is 0.